The number of amides is 4. The summed E-state index contributed by atoms with van der Waals surface area (Å²) in [6.07, 6.45) is 4.54. The molecule has 0 radical (unpaired) electrons. The van der Waals surface area contributed by atoms with E-state index in [0.29, 0.717) is 38.0 Å². The van der Waals surface area contributed by atoms with Crippen LogP contribution in [0.1, 0.15) is 60.0 Å². The summed E-state index contributed by atoms with van der Waals surface area (Å²) in [5.74, 6) is -0.461. The third-order valence-corrected chi connectivity index (χ3v) is 7.79. The van der Waals surface area contributed by atoms with Crippen molar-refractivity contribution in [1.29, 1.82) is 0 Å². The molecule has 1 aliphatic heterocycles. The SMILES string of the molecule is Cc1cccc(CN(C(=O)c2ccc(F)cc2)C2CCC(NC(=O)C3CCN(C(=O)N(C)C)CC3)CC2)c1. The lowest BCUT2D eigenvalue weighted by atomic mass is 9.88. The molecule has 204 valence electrons. The van der Waals surface area contributed by atoms with Crippen LogP contribution < -0.4 is 5.32 Å². The molecular weight excluding hydrogens is 483 g/mol. The van der Waals surface area contributed by atoms with E-state index in [4.69, 9.17) is 0 Å². The number of nitrogens with zero attached hydrogens (tertiary/aromatic N) is 3. The molecule has 0 unspecified atom stereocenters. The number of hydrogen-bond donors (Lipinski definition) is 1. The standard InChI is InChI=1S/C30H39FN4O3/c1-21-5-4-6-22(19-21)20-35(29(37)24-7-9-25(31)10-8-24)27-13-11-26(12-14-27)32-28(36)23-15-17-34(18-16-23)30(38)33(2)3/h4-10,19,23,26-27H,11-18,20H2,1-3H3,(H,32,36). The summed E-state index contributed by atoms with van der Waals surface area (Å²) in [7, 11) is 3.49. The fourth-order valence-corrected chi connectivity index (χ4v) is 5.60. The monoisotopic (exact) mass is 522 g/mol. The van der Waals surface area contributed by atoms with Crippen LogP contribution in [-0.4, -0.2) is 71.8 Å². The molecule has 8 heteroatoms. The first-order chi connectivity index (χ1) is 18.2. The molecule has 2 aromatic rings. The third-order valence-electron chi connectivity index (χ3n) is 7.79. The van der Waals surface area contributed by atoms with Gasteiger partial charge in [-0.2, -0.15) is 0 Å². The normalized spacial score (nSPS) is 20.1. The number of hydrogen-bond acceptors (Lipinski definition) is 3. The fourth-order valence-electron chi connectivity index (χ4n) is 5.60. The molecule has 4 amide bonds. The molecule has 0 bridgehead atoms. The van der Waals surface area contributed by atoms with Gasteiger partial charge in [-0.1, -0.05) is 29.8 Å². The molecule has 1 N–H and O–H groups in total. The molecule has 2 aliphatic rings. The van der Waals surface area contributed by atoms with Crippen LogP contribution in [0.4, 0.5) is 9.18 Å². The van der Waals surface area contributed by atoms with Crippen LogP contribution in [0, 0.1) is 18.7 Å². The third kappa shape index (κ3) is 6.91. The lowest BCUT2D eigenvalue weighted by Gasteiger charge is -2.38. The average molecular weight is 523 g/mol. The second-order valence-corrected chi connectivity index (χ2v) is 10.9. The van der Waals surface area contributed by atoms with E-state index in [2.05, 4.69) is 11.4 Å². The fraction of sp³-hybridized carbons (Fsp3) is 0.500. The topological polar surface area (TPSA) is 73.0 Å². The zero-order chi connectivity index (χ0) is 27.2. The molecule has 0 atom stereocenters. The average Bonchev–Trinajstić information content (AvgIpc) is 2.92. The molecule has 1 saturated carbocycles. The van der Waals surface area contributed by atoms with Gasteiger partial charge in [0.25, 0.3) is 5.91 Å². The van der Waals surface area contributed by atoms with Gasteiger partial charge in [0.1, 0.15) is 5.82 Å². The number of nitrogens with one attached hydrogen (secondary N) is 1. The highest BCUT2D eigenvalue weighted by Gasteiger charge is 2.33. The molecule has 2 fully saturated rings. The van der Waals surface area contributed by atoms with E-state index in [0.717, 1.165) is 36.8 Å². The Balaban J connectivity index is 1.35. The Morgan fingerprint density at radius 1 is 0.947 bits per heavy atom. The van der Waals surface area contributed by atoms with Crippen molar-refractivity contribution < 1.29 is 18.8 Å². The van der Waals surface area contributed by atoms with E-state index < -0.39 is 0 Å². The smallest absolute Gasteiger partial charge is 0.319 e. The number of halogens is 1. The maximum absolute atomic E-state index is 13.5. The van der Waals surface area contributed by atoms with Gasteiger partial charge in [-0.15, -0.1) is 0 Å². The summed E-state index contributed by atoms with van der Waals surface area (Å²) < 4.78 is 13.5. The van der Waals surface area contributed by atoms with Crippen molar-refractivity contribution in [1.82, 2.24) is 20.0 Å². The number of piperidine rings is 1. The second-order valence-electron chi connectivity index (χ2n) is 10.9. The van der Waals surface area contributed by atoms with Crippen LogP contribution in [0.3, 0.4) is 0 Å². The van der Waals surface area contributed by atoms with Crippen molar-refractivity contribution in [2.75, 3.05) is 27.2 Å². The van der Waals surface area contributed by atoms with Gasteiger partial charge in [0.05, 0.1) is 0 Å². The molecule has 0 aromatic heterocycles. The molecule has 1 heterocycles. The van der Waals surface area contributed by atoms with Crippen molar-refractivity contribution in [3.63, 3.8) is 0 Å². The maximum atomic E-state index is 13.5. The first-order valence-electron chi connectivity index (χ1n) is 13.6. The molecule has 4 rings (SSSR count). The van der Waals surface area contributed by atoms with Crippen molar-refractivity contribution in [3.05, 3.63) is 71.0 Å². The van der Waals surface area contributed by atoms with Crippen LogP contribution in [0.2, 0.25) is 0 Å². The zero-order valence-electron chi connectivity index (χ0n) is 22.7. The van der Waals surface area contributed by atoms with E-state index in [9.17, 15) is 18.8 Å². The summed E-state index contributed by atoms with van der Waals surface area (Å²) >= 11 is 0. The largest absolute Gasteiger partial charge is 0.353 e. The van der Waals surface area contributed by atoms with Crippen molar-refractivity contribution in [2.45, 2.75) is 64.1 Å². The van der Waals surface area contributed by atoms with E-state index in [1.807, 2.05) is 30.0 Å². The zero-order valence-corrected chi connectivity index (χ0v) is 22.7. The maximum Gasteiger partial charge on any atom is 0.319 e. The lowest BCUT2D eigenvalue weighted by molar-refractivity contribution is -0.127. The molecule has 1 aliphatic carbocycles. The lowest BCUT2D eigenvalue weighted by Crippen LogP contribution is -2.49. The van der Waals surface area contributed by atoms with Crippen molar-refractivity contribution >= 4 is 17.8 Å². The number of carbonyl (C=O) groups excluding carboxylic acids is 3. The highest BCUT2D eigenvalue weighted by molar-refractivity contribution is 5.94. The molecule has 1 saturated heterocycles. The molecule has 38 heavy (non-hydrogen) atoms. The first kappa shape index (κ1) is 27.6. The van der Waals surface area contributed by atoms with Crippen LogP contribution in [-0.2, 0) is 11.3 Å². The number of benzene rings is 2. The Bertz CT molecular complexity index is 1120. The van der Waals surface area contributed by atoms with Gasteiger partial charge in [-0.3, -0.25) is 9.59 Å². The summed E-state index contributed by atoms with van der Waals surface area (Å²) in [6, 6.07) is 14.0. The van der Waals surface area contributed by atoms with E-state index in [1.165, 1.54) is 12.1 Å². The minimum atomic E-state index is -0.363. The number of urea groups is 1. The van der Waals surface area contributed by atoms with Gasteiger partial charge in [0.2, 0.25) is 5.91 Å². The Kier molecular flexibility index (Phi) is 9.02. The highest BCUT2D eigenvalue weighted by Crippen LogP contribution is 2.28. The van der Waals surface area contributed by atoms with E-state index in [1.54, 1.807) is 36.0 Å². The summed E-state index contributed by atoms with van der Waals surface area (Å²) in [5.41, 5.74) is 2.68. The first-order valence-corrected chi connectivity index (χ1v) is 13.6. The number of rotatable bonds is 6. The Morgan fingerprint density at radius 3 is 2.21 bits per heavy atom. The number of likely N-dealkylation sites (tertiary alicyclic amines) is 1. The molecule has 0 spiro atoms. The van der Waals surface area contributed by atoms with Crippen LogP contribution >= 0.6 is 0 Å². The van der Waals surface area contributed by atoms with Gasteiger partial charge < -0.3 is 20.0 Å². The minimum Gasteiger partial charge on any atom is -0.353 e. The highest BCUT2D eigenvalue weighted by atomic mass is 19.1. The van der Waals surface area contributed by atoms with Crippen molar-refractivity contribution in [2.24, 2.45) is 5.92 Å². The van der Waals surface area contributed by atoms with Gasteiger partial charge in [0.15, 0.2) is 0 Å². The number of aryl methyl sites for hydroxylation is 1. The molecule has 7 nitrogen and oxygen atoms in total. The Labute approximate surface area is 225 Å². The van der Waals surface area contributed by atoms with Crippen LogP contribution in [0.25, 0.3) is 0 Å². The van der Waals surface area contributed by atoms with Crippen LogP contribution in [0.5, 0.6) is 0 Å². The van der Waals surface area contributed by atoms with Crippen molar-refractivity contribution in [3.8, 4) is 0 Å². The van der Waals surface area contributed by atoms with E-state index >= 15 is 0 Å². The van der Waals surface area contributed by atoms with Gasteiger partial charge in [0, 0.05) is 57.3 Å². The molecule has 2 aromatic carbocycles. The number of carbonyl (C=O) groups is 3. The summed E-state index contributed by atoms with van der Waals surface area (Å²) in [6.45, 7) is 3.72. The second kappa shape index (κ2) is 12.4. The van der Waals surface area contributed by atoms with Gasteiger partial charge >= 0.3 is 6.03 Å². The quantitative estimate of drug-likeness (QED) is 0.603. The van der Waals surface area contributed by atoms with Gasteiger partial charge in [-0.05, 0) is 75.3 Å². The summed E-state index contributed by atoms with van der Waals surface area (Å²) in [5, 5.41) is 3.24. The van der Waals surface area contributed by atoms with Crippen LogP contribution in [0.15, 0.2) is 48.5 Å². The van der Waals surface area contributed by atoms with Gasteiger partial charge in [-0.25, -0.2) is 9.18 Å². The minimum absolute atomic E-state index is 0.00687. The Morgan fingerprint density at radius 2 is 1.61 bits per heavy atom. The molecular formula is C30H39FN4O3. The Hall–Kier alpha value is -3.42. The van der Waals surface area contributed by atoms with E-state index in [-0.39, 0.29) is 41.7 Å². The summed E-state index contributed by atoms with van der Waals surface area (Å²) in [4.78, 5) is 44.0. The predicted molar refractivity (Wildman–Crippen MR) is 145 cm³/mol. The predicted octanol–water partition coefficient (Wildman–Crippen LogP) is 4.60.